The van der Waals surface area contributed by atoms with Crippen molar-refractivity contribution in [3.8, 4) is 0 Å². The van der Waals surface area contributed by atoms with Crippen molar-refractivity contribution in [2.45, 2.75) is 291 Å². The molecular formula is C52H100O6. The molecule has 6 nitrogen and oxygen atoms in total. The van der Waals surface area contributed by atoms with Crippen LogP contribution in [0.1, 0.15) is 285 Å². The summed E-state index contributed by atoms with van der Waals surface area (Å²) in [6.45, 7) is 11.3. The minimum absolute atomic E-state index is 0.0651. The van der Waals surface area contributed by atoms with Gasteiger partial charge in [-0.3, -0.25) is 14.4 Å². The van der Waals surface area contributed by atoms with Crippen LogP contribution in [0.3, 0.4) is 0 Å². The Bertz CT molecular complexity index is 887. The van der Waals surface area contributed by atoms with Crippen molar-refractivity contribution in [2.75, 3.05) is 13.2 Å². The second-order valence-electron chi connectivity index (χ2n) is 18.5. The molecule has 0 heterocycles. The van der Waals surface area contributed by atoms with Gasteiger partial charge in [0.1, 0.15) is 13.2 Å². The number of unbranched alkanes of at least 4 members (excludes halogenated alkanes) is 30. The van der Waals surface area contributed by atoms with Crippen molar-refractivity contribution >= 4 is 17.9 Å². The van der Waals surface area contributed by atoms with Crippen LogP contribution in [0.4, 0.5) is 0 Å². The maximum atomic E-state index is 12.6. The van der Waals surface area contributed by atoms with Crippen LogP contribution < -0.4 is 0 Å². The van der Waals surface area contributed by atoms with E-state index in [0.29, 0.717) is 19.3 Å². The molecule has 0 saturated heterocycles. The Labute approximate surface area is 361 Å². The van der Waals surface area contributed by atoms with Crippen LogP contribution in [-0.2, 0) is 28.6 Å². The highest BCUT2D eigenvalue weighted by Gasteiger charge is 2.19. The lowest BCUT2D eigenvalue weighted by atomic mass is 9.99. The molecule has 0 aliphatic heterocycles. The molecule has 0 rings (SSSR count). The van der Waals surface area contributed by atoms with E-state index in [-0.39, 0.29) is 31.1 Å². The molecule has 0 aliphatic rings. The molecule has 0 N–H and O–H groups in total. The standard InChI is InChI=1S/C52H100O6/c1-6-8-9-30-39-44-52(55)58-49(45-56-50(53)42-37-33-28-24-20-16-12-10-14-18-22-26-31-35-40-47(3)4)46-57-51(54)43-38-34-29-25-21-17-13-11-15-19-23-27-32-36-41-48(5)7-2/h47-49H,6-46H2,1-5H3/t48?,49-/m0/s1. The average Bonchev–Trinajstić information content (AvgIpc) is 3.21. The van der Waals surface area contributed by atoms with E-state index in [1.165, 1.54) is 167 Å². The largest absolute Gasteiger partial charge is 0.462 e. The van der Waals surface area contributed by atoms with Crippen molar-refractivity contribution in [3.05, 3.63) is 0 Å². The Morgan fingerprint density at radius 2 is 0.655 bits per heavy atom. The number of hydrogen-bond acceptors (Lipinski definition) is 6. The van der Waals surface area contributed by atoms with Crippen LogP contribution in [0.2, 0.25) is 0 Å². The summed E-state index contributed by atoms with van der Waals surface area (Å²) in [4.78, 5) is 37.6. The summed E-state index contributed by atoms with van der Waals surface area (Å²) < 4.78 is 16.7. The smallest absolute Gasteiger partial charge is 0.306 e. The number of esters is 3. The molecule has 0 spiro atoms. The first-order chi connectivity index (χ1) is 28.3. The highest BCUT2D eigenvalue weighted by Crippen LogP contribution is 2.18. The van der Waals surface area contributed by atoms with Gasteiger partial charge < -0.3 is 14.2 Å². The first-order valence-electron chi connectivity index (χ1n) is 25.8. The fourth-order valence-electron chi connectivity index (χ4n) is 7.78. The van der Waals surface area contributed by atoms with Crippen molar-refractivity contribution in [3.63, 3.8) is 0 Å². The number of carbonyl (C=O) groups excluding carboxylic acids is 3. The lowest BCUT2D eigenvalue weighted by Gasteiger charge is -2.18. The quantitative estimate of drug-likeness (QED) is 0.0346. The molecule has 2 atom stereocenters. The Balaban J connectivity index is 4.06. The molecule has 0 aromatic rings. The van der Waals surface area contributed by atoms with Crippen LogP contribution in [0.5, 0.6) is 0 Å². The van der Waals surface area contributed by atoms with Gasteiger partial charge in [0.25, 0.3) is 0 Å². The zero-order valence-electron chi connectivity index (χ0n) is 39.7. The fraction of sp³-hybridized carbons (Fsp3) is 0.942. The third-order valence-electron chi connectivity index (χ3n) is 12.1. The topological polar surface area (TPSA) is 78.9 Å². The highest BCUT2D eigenvalue weighted by atomic mass is 16.6. The van der Waals surface area contributed by atoms with Crippen molar-refractivity contribution in [1.82, 2.24) is 0 Å². The van der Waals surface area contributed by atoms with Gasteiger partial charge in [-0.1, -0.05) is 247 Å². The van der Waals surface area contributed by atoms with Crippen LogP contribution >= 0.6 is 0 Å². The summed E-state index contributed by atoms with van der Waals surface area (Å²) in [6.07, 6.45) is 45.5. The van der Waals surface area contributed by atoms with Gasteiger partial charge in [-0.05, 0) is 31.1 Å². The number of rotatable bonds is 46. The molecule has 344 valence electrons. The van der Waals surface area contributed by atoms with E-state index in [4.69, 9.17) is 14.2 Å². The predicted octanol–water partition coefficient (Wildman–Crippen LogP) is 16.5. The maximum Gasteiger partial charge on any atom is 0.306 e. The lowest BCUT2D eigenvalue weighted by molar-refractivity contribution is -0.167. The van der Waals surface area contributed by atoms with E-state index in [1.807, 2.05) is 0 Å². The lowest BCUT2D eigenvalue weighted by Crippen LogP contribution is -2.30. The SMILES string of the molecule is CCCCCCCC(=O)O[C@@H](COC(=O)CCCCCCCCCCCCCCCCC(C)C)COC(=O)CCCCCCCCCCCCCCCCC(C)CC. The van der Waals surface area contributed by atoms with Gasteiger partial charge in [-0.25, -0.2) is 0 Å². The maximum absolute atomic E-state index is 12.6. The molecule has 0 radical (unpaired) electrons. The van der Waals surface area contributed by atoms with Crippen LogP contribution in [0, 0.1) is 11.8 Å². The van der Waals surface area contributed by atoms with Crippen molar-refractivity contribution in [1.29, 1.82) is 0 Å². The molecule has 0 aliphatic carbocycles. The number of carbonyl (C=O) groups is 3. The van der Waals surface area contributed by atoms with E-state index in [2.05, 4.69) is 34.6 Å². The summed E-state index contributed by atoms with van der Waals surface area (Å²) in [5.74, 6) is 0.878. The molecule has 0 saturated carbocycles. The Morgan fingerprint density at radius 3 is 0.983 bits per heavy atom. The predicted molar refractivity (Wildman–Crippen MR) is 247 cm³/mol. The Hall–Kier alpha value is -1.59. The zero-order valence-corrected chi connectivity index (χ0v) is 39.7. The molecule has 0 amide bonds. The first kappa shape index (κ1) is 56.4. The van der Waals surface area contributed by atoms with E-state index in [9.17, 15) is 14.4 Å². The van der Waals surface area contributed by atoms with Gasteiger partial charge in [0.05, 0.1) is 0 Å². The first-order valence-corrected chi connectivity index (χ1v) is 25.8. The molecule has 0 aromatic carbocycles. The van der Waals surface area contributed by atoms with Crippen LogP contribution in [0.25, 0.3) is 0 Å². The van der Waals surface area contributed by atoms with Gasteiger partial charge in [0.2, 0.25) is 0 Å². The van der Waals surface area contributed by atoms with E-state index >= 15 is 0 Å². The molecule has 1 unspecified atom stereocenters. The fourth-order valence-corrected chi connectivity index (χ4v) is 7.78. The molecule has 0 fully saturated rings. The number of ether oxygens (including phenoxy) is 3. The summed E-state index contributed by atoms with van der Waals surface area (Å²) in [7, 11) is 0. The third-order valence-corrected chi connectivity index (χ3v) is 12.1. The average molecular weight is 821 g/mol. The summed E-state index contributed by atoms with van der Waals surface area (Å²) >= 11 is 0. The van der Waals surface area contributed by atoms with E-state index in [1.54, 1.807) is 0 Å². The summed E-state index contributed by atoms with van der Waals surface area (Å²) in [5, 5.41) is 0. The minimum atomic E-state index is -0.759. The molecular weight excluding hydrogens is 721 g/mol. The highest BCUT2D eigenvalue weighted by molar-refractivity contribution is 5.71. The summed E-state index contributed by atoms with van der Waals surface area (Å²) in [6, 6.07) is 0. The van der Waals surface area contributed by atoms with E-state index < -0.39 is 6.10 Å². The van der Waals surface area contributed by atoms with Crippen LogP contribution in [-0.4, -0.2) is 37.2 Å². The van der Waals surface area contributed by atoms with Gasteiger partial charge in [-0.15, -0.1) is 0 Å². The van der Waals surface area contributed by atoms with Gasteiger partial charge in [0.15, 0.2) is 6.10 Å². The van der Waals surface area contributed by atoms with Gasteiger partial charge in [0, 0.05) is 19.3 Å². The third kappa shape index (κ3) is 44.0. The summed E-state index contributed by atoms with van der Waals surface area (Å²) in [5.41, 5.74) is 0. The second kappa shape index (κ2) is 44.9. The minimum Gasteiger partial charge on any atom is -0.462 e. The number of hydrogen-bond donors (Lipinski definition) is 0. The van der Waals surface area contributed by atoms with Gasteiger partial charge in [-0.2, -0.15) is 0 Å². The van der Waals surface area contributed by atoms with Crippen LogP contribution in [0.15, 0.2) is 0 Å². The normalized spacial score (nSPS) is 12.5. The monoisotopic (exact) mass is 821 g/mol. The van der Waals surface area contributed by atoms with E-state index in [0.717, 1.165) is 76.0 Å². The Kier molecular flexibility index (Phi) is 43.7. The molecule has 0 aromatic heterocycles. The second-order valence-corrected chi connectivity index (χ2v) is 18.5. The molecule has 58 heavy (non-hydrogen) atoms. The van der Waals surface area contributed by atoms with Gasteiger partial charge >= 0.3 is 17.9 Å². The molecule has 6 heteroatoms. The van der Waals surface area contributed by atoms with Crippen molar-refractivity contribution < 1.29 is 28.6 Å². The Morgan fingerprint density at radius 1 is 0.362 bits per heavy atom. The zero-order chi connectivity index (χ0) is 42.6. The molecule has 0 bridgehead atoms. The van der Waals surface area contributed by atoms with Crippen molar-refractivity contribution in [2.24, 2.45) is 11.8 Å².